The summed E-state index contributed by atoms with van der Waals surface area (Å²) >= 11 is 0. The highest BCUT2D eigenvalue weighted by atomic mass is 32.2. The maximum absolute atomic E-state index is 12.4. The average Bonchev–Trinajstić information content (AvgIpc) is 2.44. The quantitative estimate of drug-likeness (QED) is 0.861. The molecule has 1 atom stereocenters. The summed E-state index contributed by atoms with van der Waals surface area (Å²) in [5.41, 5.74) is 6.29. The highest BCUT2D eigenvalue weighted by Gasteiger charge is 2.25. The van der Waals surface area contributed by atoms with Crippen LogP contribution in [0, 0.1) is 0 Å². The molecule has 0 aliphatic rings. The lowest BCUT2D eigenvalue weighted by Crippen LogP contribution is -2.34. The Morgan fingerprint density at radius 2 is 2.05 bits per heavy atom. The first-order valence-electron chi connectivity index (χ1n) is 6.23. The van der Waals surface area contributed by atoms with Crippen LogP contribution in [0.5, 0.6) is 5.75 Å². The van der Waals surface area contributed by atoms with E-state index in [9.17, 15) is 8.42 Å². The number of sulfonamides is 1. The van der Waals surface area contributed by atoms with Crippen LogP contribution in [0.1, 0.15) is 25.8 Å². The van der Waals surface area contributed by atoms with Crippen molar-refractivity contribution in [1.82, 2.24) is 4.31 Å². The molecule has 0 heterocycles. The number of rotatable bonds is 6. The third kappa shape index (κ3) is 3.26. The van der Waals surface area contributed by atoms with Crippen molar-refractivity contribution in [3.63, 3.8) is 0 Å². The van der Waals surface area contributed by atoms with Gasteiger partial charge in [-0.2, -0.15) is 4.31 Å². The van der Waals surface area contributed by atoms with Crippen molar-refractivity contribution in [1.29, 1.82) is 0 Å². The van der Waals surface area contributed by atoms with Crippen LogP contribution in [0.2, 0.25) is 0 Å². The minimum atomic E-state index is -3.49. The largest absolute Gasteiger partial charge is 0.496 e. The summed E-state index contributed by atoms with van der Waals surface area (Å²) in [7, 11) is -0.357. The molecule has 1 aromatic carbocycles. The molecule has 1 unspecified atom stereocenters. The van der Waals surface area contributed by atoms with Gasteiger partial charge >= 0.3 is 0 Å². The molecule has 2 N–H and O–H groups in total. The topological polar surface area (TPSA) is 72.6 Å². The average molecular weight is 286 g/mol. The molecule has 0 aliphatic carbocycles. The standard InChI is InChI=1S/C13H22N2O3S/c1-5-10(2)15(3)19(16,17)12-6-7-13(18-4)11(8-12)9-14/h6-8,10H,5,9,14H2,1-4H3. The van der Waals surface area contributed by atoms with Crippen molar-refractivity contribution in [3.8, 4) is 5.75 Å². The van der Waals surface area contributed by atoms with Crippen molar-refractivity contribution < 1.29 is 13.2 Å². The molecule has 0 saturated carbocycles. The van der Waals surface area contributed by atoms with E-state index in [0.717, 1.165) is 6.42 Å². The Morgan fingerprint density at radius 1 is 1.42 bits per heavy atom. The first-order valence-corrected chi connectivity index (χ1v) is 7.67. The molecular formula is C13H22N2O3S. The monoisotopic (exact) mass is 286 g/mol. The van der Waals surface area contributed by atoms with Crippen molar-refractivity contribution in [2.24, 2.45) is 5.73 Å². The Hall–Kier alpha value is -1.11. The van der Waals surface area contributed by atoms with Crippen LogP contribution in [0.4, 0.5) is 0 Å². The SMILES string of the molecule is CCC(C)N(C)S(=O)(=O)c1ccc(OC)c(CN)c1. The van der Waals surface area contributed by atoms with Gasteiger partial charge < -0.3 is 10.5 Å². The Balaban J connectivity index is 3.22. The third-order valence-electron chi connectivity index (χ3n) is 3.36. The van der Waals surface area contributed by atoms with Gasteiger partial charge in [-0.05, 0) is 31.5 Å². The number of hydrogen-bond donors (Lipinski definition) is 1. The third-order valence-corrected chi connectivity index (χ3v) is 5.33. The maximum Gasteiger partial charge on any atom is 0.243 e. The molecule has 0 spiro atoms. The van der Waals surface area contributed by atoms with E-state index in [-0.39, 0.29) is 17.5 Å². The van der Waals surface area contributed by atoms with Crippen LogP contribution < -0.4 is 10.5 Å². The summed E-state index contributed by atoms with van der Waals surface area (Å²) in [5, 5.41) is 0. The van der Waals surface area contributed by atoms with Gasteiger partial charge in [-0.15, -0.1) is 0 Å². The number of hydrogen-bond acceptors (Lipinski definition) is 4. The Kier molecular flexibility index (Phi) is 5.34. The molecule has 0 aliphatic heterocycles. The summed E-state index contributed by atoms with van der Waals surface area (Å²) in [4.78, 5) is 0.247. The van der Waals surface area contributed by atoms with Gasteiger partial charge in [0.2, 0.25) is 10.0 Å². The van der Waals surface area contributed by atoms with Gasteiger partial charge in [-0.25, -0.2) is 8.42 Å². The minimum Gasteiger partial charge on any atom is -0.496 e. The molecule has 0 radical (unpaired) electrons. The van der Waals surface area contributed by atoms with Gasteiger partial charge in [0.05, 0.1) is 12.0 Å². The number of nitrogens with zero attached hydrogens (tertiary/aromatic N) is 1. The molecule has 0 amide bonds. The molecule has 19 heavy (non-hydrogen) atoms. The Morgan fingerprint density at radius 3 is 2.53 bits per heavy atom. The highest BCUT2D eigenvalue weighted by Crippen LogP contribution is 2.24. The molecule has 108 valence electrons. The maximum atomic E-state index is 12.4. The number of ether oxygens (including phenoxy) is 1. The summed E-state index contributed by atoms with van der Waals surface area (Å²) in [6.07, 6.45) is 0.760. The second-order valence-corrected chi connectivity index (χ2v) is 6.45. The number of benzene rings is 1. The van der Waals surface area contributed by atoms with Gasteiger partial charge in [0, 0.05) is 25.2 Å². The van der Waals surface area contributed by atoms with Crippen molar-refractivity contribution in [3.05, 3.63) is 23.8 Å². The van der Waals surface area contributed by atoms with Crippen LogP contribution in [0.3, 0.4) is 0 Å². The Bertz CT molecular complexity index is 529. The number of nitrogens with two attached hydrogens (primary N) is 1. The second kappa shape index (κ2) is 6.36. The van der Waals surface area contributed by atoms with Crippen LogP contribution in [-0.2, 0) is 16.6 Å². The van der Waals surface area contributed by atoms with Gasteiger partial charge in [0.25, 0.3) is 0 Å². The fraction of sp³-hybridized carbons (Fsp3) is 0.538. The van der Waals surface area contributed by atoms with Crippen molar-refractivity contribution in [2.75, 3.05) is 14.2 Å². The van der Waals surface area contributed by atoms with Crippen molar-refractivity contribution in [2.45, 2.75) is 37.8 Å². The predicted molar refractivity (Wildman–Crippen MR) is 75.6 cm³/mol. The molecule has 0 saturated heterocycles. The fourth-order valence-electron chi connectivity index (χ4n) is 1.74. The smallest absolute Gasteiger partial charge is 0.243 e. The van der Waals surface area contributed by atoms with Gasteiger partial charge in [0.15, 0.2) is 0 Å². The van der Waals surface area contributed by atoms with E-state index in [1.54, 1.807) is 25.2 Å². The molecule has 0 bridgehead atoms. The van der Waals surface area contributed by atoms with E-state index >= 15 is 0 Å². The normalized spacial score (nSPS) is 13.6. The molecule has 5 nitrogen and oxygen atoms in total. The molecule has 0 aromatic heterocycles. The highest BCUT2D eigenvalue weighted by molar-refractivity contribution is 7.89. The molecule has 6 heteroatoms. The molecular weight excluding hydrogens is 264 g/mol. The second-order valence-electron chi connectivity index (χ2n) is 4.46. The van der Waals surface area contributed by atoms with E-state index in [0.29, 0.717) is 11.3 Å². The lowest BCUT2D eigenvalue weighted by Gasteiger charge is -2.23. The van der Waals surface area contributed by atoms with E-state index < -0.39 is 10.0 Å². The van der Waals surface area contributed by atoms with E-state index in [1.165, 1.54) is 11.4 Å². The van der Waals surface area contributed by atoms with Crippen LogP contribution >= 0.6 is 0 Å². The summed E-state index contributed by atoms with van der Waals surface area (Å²) in [5.74, 6) is 0.604. The zero-order valence-corrected chi connectivity index (χ0v) is 12.7. The molecule has 1 aromatic rings. The lowest BCUT2D eigenvalue weighted by atomic mass is 10.2. The number of methoxy groups -OCH3 is 1. The van der Waals surface area contributed by atoms with Gasteiger partial charge in [0.1, 0.15) is 5.75 Å². The lowest BCUT2D eigenvalue weighted by molar-refractivity contribution is 0.380. The van der Waals surface area contributed by atoms with Crippen LogP contribution in [-0.4, -0.2) is 32.9 Å². The summed E-state index contributed by atoms with van der Waals surface area (Å²) in [6, 6.07) is 4.71. The molecule has 0 fully saturated rings. The van der Waals surface area contributed by atoms with Crippen LogP contribution in [0.15, 0.2) is 23.1 Å². The summed E-state index contributed by atoms with van der Waals surface area (Å²) < 4.78 is 31.4. The van der Waals surface area contributed by atoms with Crippen molar-refractivity contribution >= 4 is 10.0 Å². The minimum absolute atomic E-state index is 0.0478. The Labute approximate surface area is 115 Å². The van der Waals surface area contributed by atoms with Gasteiger partial charge in [-0.1, -0.05) is 6.92 Å². The zero-order chi connectivity index (χ0) is 14.6. The first kappa shape index (κ1) is 15.9. The van der Waals surface area contributed by atoms with E-state index in [2.05, 4.69) is 0 Å². The van der Waals surface area contributed by atoms with E-state index in [4.69, 9.17) is 10.5 Å². The summed E-state index contributed by atoms with van der Waals surface area (Å²) in [6.45, 7) is 4.07. The van der Waals surface area contributed by atoms with Gasteiger partial charge in [-0.3, -0.25) is 0 Å². The van der Waals surface area contributed by atoms with E-state index in [1.807, 2.05) is 13.8 Å². The molecule has 1 rings (SSSR count). The fourth-order valence-corrected chi connectivity index (χ4v) is 3.22. The first-order chi connectivity index (χ1) is 8.88. The predicted octanol–water partition coefficient (Wildman–Crippen LogP) is 1.57. The zero-order valence-electron chi connectivity index (χ0n) is 11.9. The van der Waals surface area contributed by atoms with Crippen LogP contribution in [0.25, 0.3) is 0 Å².